The van der Waals surface area contributed by atoms with Crippen LogP contribution in [-0.2, 0) is 9.53 Å². The summed E-state index contributed by atoms with van der Waals surface area (Å²) in [5.41, 5.74) is 0. The average Bonchev–Trinajstić information content (AvgIpc) is 2.30. The number of unbranched alkanes of at least 4 members (excludes halogenated alkanes) is 3. The smallest absolute Gasteiger partial charge is 0.407 e. The third-order valence-corrected chi connectivity index (χ3v) is 1.97. The van der Waals surface area contributed by atoms with E-state index in [1.807, 2.05) is 6.92 Å². The van der Waals surface area contributed by atoms with Gasteiger partial charge >= 0.3 is 6.09 Å². The highest BCUT2D eigenvalue weighted by molar-refractivity contribution is 5.66. The van der Waals surface area contributed by atoms with Crippen molar-refractivity contribution < 1.29 is 14.3 Å². The Kier molecular flexibility index (Phi) is 10.7. The Balaban J connectivity index is 3.14. The maximum atomic E-state index is 11.0. The van der Waals surface area contributed by atoms with Gasteiger partial charge in [0.2, 0.25) is 6.08 Å². The van der Waals surface area contributed by atoms with Gasteiger partial charge in [-0.15, -0.1) is 0 Å². The van der Waals surface area contributed by atoms with Crippen LogP contribution in [-0.4, -0.2) is 31.9 Å². The van der Waals surface area contributed by atoms with E-state index in [9.17, 15) is 9.59 Å². The number of nitrogens with zero attached hydrogens (tertiary/aromatic N) is 1. The van der Waals surface area contributed by atoms with Crippen molar-refractivity contribution >= 4 is 12.2 Å². The fourth-order valence-electron chi connectivity index (χ4n) is 1.15. The lowest BCUT2D eigenvalue weighted by atomic mass is 10.2. The van der Waals surface area contributed by atoms with E-state index in [1.54, 1.807) is 0 Å². The molecule has 0 bridgehead atoms. The van der Waals surface area contributed by atoms with Crippen molar-refractivity contribution in [3.05, 3.63) is 0 Å². The van der Waals surface area contributed by atoms with Crippen LogP contribution in [0.4, 0.5) is 4.79 Å². The van der Waals surface area contributed by atoms with Gasteiger partial charge in [-0.2, -0.15) is 0 Å². The summed E-state index contributed by atoms with van der Waals surface area (Å²) in [6, 6.07) is 0. The van der Waals surface area contributed by atoms with Crippen LogP contribution in [0.25, 0.3) is 0 Å². The lowest BCUT2D eigenvalue weighted by Gasteiger charge is -2.05. The van der Waals surface area contributed by atoms with Crippen molar-refractivity contribution in [1.29, 1.82) is 0 Å². The molecule has 0 aromatic carbocycles. The van der Waals surface area contributed by atoms with Crippen molar-refractivity contribution in [1.82, 2.24) is 5.32 Å². The number of alkyl carbamates (subject to hydrolysis) is 1. The zero-order valence-corrected chi connectivity index (χ0v) is 9.83. The molecule has 0 spiro atoms. The fourth-order valence-corrected chi connectivity index (χ4v) is 1.15. The van der Waals surface area contributed by atoms with Crippen LogP contribution in [0.5, 0.6) is 0 Å². The number of isocyanates is 1. The molecule has 5 nitrogen and oxygen atoms in total. The molecule has 0 aliphatic carbocycles. The predicted molar refractivity (Wildman–Crippen MR) is 61.1 cm³/mol. The standard InChI is InChI=1S/C11H20N2O3/c1-2-9-16-11(15)13-8-6-4-3-5-7-12-10-14/h2-9H2,1H3,(H,13,15). The summed E-state index contributed by atoms with van der Waals surface area (Å²) in [6.45, 7) is 3.61. The molecule has 5 heteroatoms. The van der Waals surface area contributed by atoms with Gasteiger partial charge in [0.1, 0.15) is 0 Å². The number of carbonyl (C=O) groups excluding carboxylic acids is 2. The van der Waals surface area contributed by atoms with Gasteiger partial charge in [-0.3, -0.25) is 0 Å². The van der Waals surface area contributed by atoms with E-state index in [-0.39, 0.29) is 6.09 Å². The zero-order valence-electron chi connectivity index (χ0n) is 9.83. The van der Waals surface area contributed by atoms with E-state index in [0.717, 1.165) is 32.1 Å². The van der Waals surface area contributed by atoms with E-state index in [0.29, 0.717) is 19.7 Å². The van der Waals surface area contributed by atoms with Crippen LogP contribution < -0.4 is 5.32 Å². The molecule has 0 heterocycles. The van der Waals surface area contributed by atoms with Crippen LogP contribution in [0.15, 0.2) is 4.99 Å². The molecule has 0 atom stereocenters. The number of aliphatic imine (C=N–C) groups is 1. The van der Waals surface area contributed by atoms with Gasteiger partial charge in [-0.1, -0.05) is 19.8 Å². The molecule has 0 rings (SSSR count). The Morgan fingerprint density at radius 3 is 2.75 bits per heavy atom. The monoisotopic (exact) mass is 228 g/mol. The van der Waals surface area contributed by atoms with Crippen molar-refractivity contribution in [2.45, 2.75) is 39.0 Å². The van der Waals surface area contributed by atoms with Crippen LogP contribution in [0, 0.1) is 0 Å². The van der Waals surface area contributed by atoms with Gasteiger partial charge in [-0.05, 0) is 19.3 Å². The summed E-state index contributed by atoms with van der Waals surface area (Å²) in [5, 5.41) is 2.67. The molecule has 1 N–H and O–H groups in total. The van der Waals surface area contributed by atoms with Gasteiger partial charge in [0.05, 0.1) is 13.2 Å². The summed E-state index contributed by atoms with van der Waals surface area (Å²) in [7, 11) is 0. The molecule has 0 saturated heterocycles. The first-order chi connectivity index (χ1) is 7.81. The molecule has 92 valence electrons. The number of hydrogen-bond donors (Lipinski definition) is 1. The minimum atomic E-state index is -0.340. The highest BCUT2D eigenvalue weighted by Gasteiger charge is 1.98. The summed E-state index contributed by atoms with van der Waals surface area (Å²) >= 11 is 0. The number of ether oxygens (including phenoxy) is 1. The molecule has 0 aliphatic heterocycles. The lowest BCUT2D eigenvalue weighted by Crippen LogP contribution is -2.25. The normalized spacial score (nSPS) is 9.31. The van der Waals surface area contributed by atoms with E-state index in [2.05, 4.69) is 10.3 Å². The number of carbonyl (C=O) groups is 1. The fraction of sp³-hybridized carbons (Fsp3) is 0.818. The molecule has 0 radical (unpaired) electrons. The first-order valence-corrected chi connectivity index (χ1v) is 5.75. The third-order valence-electron chi connectivity index (χ3n) is 1.97. The van der Waals surface area contributed by atoms with E-state index >= 15 is 0 Å². The second-order valence-electron chi connectivity index (χ2n) is 3.45. The number of nitrogens with one attached hydrogen (secondary N) is 1. The van der Waals surface area contributed by atoms with Crippen molar-refractivity contribution in [2.75, 3.05) is 19.7 Å². The second kappa shape index (κ2) is 11.7. The average molecular weight is 228 g/mol. The molecule has 16 heavy (non-hydrogen) atoms. The second-order valence-corrected chi connectivity index (χ2v) is 3.45. The Morgan fingerprint density at radius 1 is 1.31 bits per heavy atom. The third kappa shape index (κ3) is 10.7. The summed E-state index contributed by atoms with van der Waals surface area (Å²) in [4.78, 5) is 24.2. The van der Waals surface area contributed by atoms with Crippen molar-refractivity contribution in [3.8, 4) is 0 Å². The van der Waals surface area contributed by atoms with Gasteiger partial charge in [0, 0.05) is 6.54 Å². The van der Waals surface area contributed by atoms with E-state index in [1.165, 1.54) is 6.08 Å². The van der Waals surface area contributed by atoms with Crippen LogP contribution in [0.2, 0.25) is 0 Å². The topological polar surface area (TPSA) is 67.8 Å². The lowest BCUT2D eigenvalue weighted by molar-refractivity contribution is 0.146. The van der Waals surface area contributed by atoms with Gasteiger partial charge in [0.15, 0.2) is 0 Å². The Hall–Kier alpha value is -1.35. The highest BCUT2D eigenvalue weighted by atomic mass is 16.5. The zero-order chi connectivity index (χ0) is 12.1. The summed E-state index contributed by atoms with van der Waals surface area (Å²) in [6.07, 6.45) is 5.85. The SMILES string of the molecule is CCCOC(=O)NCCCCCCN=C=O. The molecule has 0 saturated carbocycles. The molecular weight excluding hydrogens is 208 g/mol. The molecule has 0 aliphatic rings. The molecule has 1 amide bonds. The Bertz CT molecular complexity index is 225. The summed E-state index contributed by atoms with van der Waals surface area (Å²) in [5.74, 6) is 0. The van der Waals surface area contributed by atoms with Crippen molar-refractivity contribution in [3.63, 3.8) is 0 Å². The molecule has 0 aromatic heterocycles. The van der Waals surface area contributed by atoms with Crippen LogP contribution in [0.1, 0.15) is 39.0 Å². The quantitative estimate of drug-likeness (QED) is 0.373. The van der Waals surface area contributed by atoms with E-state index < -0.39 is 0 Å². The first-order valence-electron chi connectivity index (χ1n) is 5.75. The summed E-state index contributed by atoms with van der Waals surface area (Å²) < 4.78 is 4.84. The van der Waals surface area contributed by atoms with Crippen LogP contribution >= 0.6 is 0 Å². The molecular formula is C11H20N2O3. The molecule has 0 unspecified atom stereocenters. The maximum absolute atomic E-state index is 11.0. The minimum absolute atomic E-state index is 0.340. The Morgan fingerprint density at radius 2 is 2.06 bits per heavy atom. The Labute approximate surface area is 96.3 Å². The van der Waals surface area contributed by atoms with Gasteiger partial charge in [-0.25, -0.2) is 14.6 Å². The number of rotatable bonds is 9. The molecule has 0 aromatic rings. The largest absolute Gasteiger partial charge is 0.450 e. The molecule has 0 fully saturated rings. The first kappa shape index (κ1) is 14.6. The minimum Gasteiger partial charge on any atom is -0.450 e. The number of amides is 1. The maximum Gasteiger partial charge on any atom is 0.407 e. The van der Waals surface area contributed by atoms with Crippen LogP contribution in [0.3, 0.4) is 0 Å². The van der Waals surface area contributed by atoms with Gasteiger partial charge in [0.25, 0.3) is 0 Å². The predicted octanol–water partition coefficient (Wildman–Crippen LogP) is 2.02. The highest BCUT2D eigenvalue weighted by Crippen LogP contribution is 1.98. The number of hydrogen-bond acceptors (Lipinski definition) is 4. The van der Waals surface area contributed by atoms with E-state index in [4.69, 9.17) is 4.74 Å². The van der Waals surface area contributed by atoms with Crippen molar-refractivity contribution in [2.24, 2.45) is 4.99 Å². The van der Waals surface area contributed by atoms with Gasteiger partial charge < -0.3 is 10.1 Å².